The van der Waals surface area contributed by atoms with Crippen molar-refractivity contribution in [2.75, 3.05) is 5.32 Å². The number of halogens is 3. The number of anilines is 1. The number of nitrogens with one attached hydrogen (secondary N) is 1. The van der Waals surface area contributed by atoms with Crippen molar-refractivity contribution in [1.82, 2.24) is 0 Å². The van der Waals surface area contributed by atoms with E-state index in [-0.39, 0.29) is 5.56 Å². The monoisotopic (exact) mass is 310 g/mol. The lowest BCUT2D eigenvalue weighted by Crippen LogP contribution is -2.45. The molecule has 0 spiro atoms. The zero-order valence-corrected chi connectivity index (χ0v) is 11.9. The van der Waals surface area contributed by atoms with Crippen molar-refractivity contribution in [3.05, 3.63) is 64.7 Å². The molecule has 110 valence electrons. The minimum absolute atomic E-state index is 0.203. The quantitative estimate of drug-likeness (QED) is 0.909. The number of para-hydroxylation sites is 1. The summed E-state index contributed by atoms with van der Waals surface area (Å²) >= 11 is 6.03. The molecule has 21 heavy (non-hydrogen) atoms. The number of carbonyl (C=O) groups excluding carboxylic acids is 1. The number of benzene rings is 2. The van der Waals surface area contributed by atoms with E-state index in [9.17, 15) is 13.6 Å². The summed E-state index contributed by atoms with van der Waals surface area (Å²) in [6, 6.07) is 9.92. The predicted molar refractivity (Wildman–Crippen MR) is 78.0 cm³/mol. The Labute approximate surface area is 125 Å². The number of hydrogen-bond acceptors (Lipinski definition) is 2. The van der Waals surface area contributed by atoms with Gasteiger partial charge in [-0.05, 0) is 36.8 Å². The molecule has 0 aliphatic heterocycles. The Morgan fingerprint density at radius 2 is 1.86 bits per heavy atom. The average molecular weight is 311 g/mol. The van der Waals surface area contributed by atoms with Crippen LogP contribution in [-0.4, -0.2) is 5.91 Å². The summed E-state index contributed by atoms with van der Waals surface area (Å²) in [6.07, 6.45) is 0. The van der Waals surface area contributed by atoms with Crippen LogP contribution in [0.2, 0.25) is 5.02 Å². The highest BCUT2D eigenvalue weighted by Crippen LogP contribution is 2.30. The van der Waals surface area contributed by atoms with Gasteiger partial charge in [0, 0.05) is 0 Å². The second-order valence-electron chi connectivity index (χ2n) is 4.72. The first-order valence-electron chi connectivity index (χ1n) is 6.13. The molecular weight excluding hydrogens is 298 g/mol. The molecule has 0 saturated carbocycles. The van der Waals surface area contributed by atoms with Crippen LogP contribution in [0.3, 0.4) is 0 Å². The standard InChI is InChI=1S/C15H13ClF2N2O/c1-15(14(19)21,9-6-7-11(17)12(18)8-9)20-13-5-3-2-4-10(13)16/h2-8,20H,1H3,(H2,19,21). The molecule has 1 atom stereocenters. The molecule has 0 saturated heterocycles. The maximum atomic E-state index is 13.4. The first kappa shape index (κ1) is 15.3. The van der Waals surface area contributed by atoms with Crippen LogP contribution in [0.25, 0.3) is 0 Å². The number of rotatable bonds is 4. The van der Waals surface area contributed by atoms with Gasteiger partial charge >= 0.3 is 0 Å². The van der Waals surface area contributed by atoms with E-state index in [4.69, 9.17) is 17.3 Å². The van der Waals surface area contributed by atoms with Crippen LogP contribution < -0.4 is 11.1 Å². The van der Waals surface area contributed by atoms with Gasteiger partial charge in [-0.15, -0.1) is 0 Å². The summed E-state index contributed by atoms with van der Waals surface area (Å²) in [6.45, 7) is 1.48. The average Bonchev–Trinajstić information content (AvgIpc) is 2.44. The Morgan fingerprint density at radius 1 is 1.19 bits per heavy atom. The lowest BCUT2D eigenvalue weighted by atomic mass is 9.90. The van der Waals surface area contributed by atoms with Crippen molar-refractivity contribution in [3.63, 3.8) is 0 Å². The van der Waals surface area contributed by atoms with Crippen molar-refractivity contribution < 1.29 is 13.6 Å². The molecule has 2 aromatic rings. The number of primary amides is 1. The van der Waals surface area contributed by atoms with Gasteiger partial charge in [0.25, 0.3) is 0 Å². The van der Waals surface area contributed by atoms with Crippen LogP contribution in [0, 0.1) is 11.6 Å². The Hall–Kier alpha value is -2.14. The van der Waals surface area contributed by atoms with Crippen molar-refractivity contribution in [3.8, 4) is 0 Å². The minimum Gasteiger partial charge on any atom is -0.367 e. The van der Waals surface area contributed by atoms with Gasteiger partial charge in [0.1, 0.15) is 5.54 Å². The van der Waals surface area contributed by atoms with Gasteiger partial charge in [-0.3, -0.25) is 4.79 Å². The van der Waals surface area contributed by atoms with Crippen molar-refractivity contribution in [2.24, 2.45) is 5.73 Å². The highest BCUT2D eigenvalue weighted by molar-refractivity contribution is 6.33. The van der Waals surface area contributed by atoms with Crippen LogP contribution in [-0.2, 0) is 10.3 Å². The molecule has 3 N–H and O–H groups in total. The summed E-state index contributed by atoms with van der Waals surface area (Å²) < 4.78 is 26.5. The van der Waals surface area contributed by atoms with E-state index < -0.39 is 23.1 Å². The molecule has 0 heterocycles. The fourth-order valence-corrected chi connectivity index (χ4v) is 2.10. The van der Waals surface area contributed by atoms with E-state index in [0.29, 0.717) is 10.7 Å². The molecule has 0 fully saturated rings. The molecule has 0 aliphatic rings. The van der Waals surface area contributed by atoms with Gasteiger partial charge in [-0.1, -0.05) is 29.8 Å². The van der Waals surface area contributed by atoms with Gasteiger partial charge < -0.3 is 11.1 Å². The fourth-order valence-electron chi connectivity index (χ4n) is 1.92. The second-order valence-corrected chi connectivity index (χ2v) is 5.13. The normalized spacial score (nSPS) is 13.5. The van der Waals surface area contributed by atoms with E-state index in [1.807, 2.05) is 0 Å². The molecule has 0 bridgehead atoms. The van der Waals surface area contributed by atoms with Gasteiger partial charge in [-0.2, -0.15) is 0 Å². The van der Waals surface area contributed by atoms with E-state index in [1.54, 1.807) is 24.3 Å². The molecule has 0 radical (unpaired) electrons. The van der Waals surface area contributed by atoms with Crippen molar-refractivity contribution in [2.45, 2.75) is 12.5 Å². The summed E-state index contributed by atoms with van der Waals surface area (Å²) in [4.78, 5) is 11.8. The molecule has 1 unspecified atom stereocenters. The maximum absolute atomic E-state index is 13.4. The Balaban J connectivity index is 2.48. The third kappa shape index (κ3) is 2.97. The lowest BCUT2D eigenvalue weighted by Gasteiger charge is -2.29. The minimum atomic E-state index is -1.43. The molecule has 3 nitrogen and oxygen atoms in total. The van der Waals surface area contributed by atoms with E-state index in [0.717, 1.165) is 12.1 Å². The molecular formula is C15H13ClF2N2O. The number of carbonyl (C=O) groups is 1. The van der Waals surface area contributed by atoms with Crippen LogP contribution in [0.1, 0.15) is 12.5 Å². The Kier molecular flexibility index (Phi) is 4.14. The first-order chi connectivity index (χ1) is 9.84. The molecule has 1 amide bonds. The second kappa shape index (κ2) is 5.69. The predicted octanol–water partition coefficient (Wildman–Crippen LogP) is 3.43. The molecule has 2 rings (SSSR count). The van der Waals surface area contributed by atoms with E-state index in [1.165, 1.54) is 13.0 Å². The number of amides is 1. The Bertz CT molecular complexity index is 693. The van der Waals surface area contributed by atoms with Crippen LogP contribution >= 0.6 is 11.6 Å². The smallest absolute Gasteiger partial charge is 0.247 e. The summed E-state index contributed by atoms with van der Waals surface area (Å²) in [7, 11) is 0. The van der Waals surface area contributed by atoms with E-state index >= 15 is 0 Å². The Morgan fingerprint density at radius 3 is 2.43 bits per heavy atom. The molecule has 2 aromatic carbocycles. The van der Waals surface area contributed by atoms with Gasteiger partial charge in [-0.25, -0.2) is 8.78 Å². The number of nitrogens with two attached hydrogens (primary N) is 1. The zero-order valence-electron chi connectivity index (χ0n) is 11.2. The first-order valence-corrected chi connectivity index (χ1v) is 6.50. The highest BCUT2D eigenvalue weighted by Gasteiger charge is 2.34. The SMILES string of the molecule is CC(Nc1ccccc1Cl)(C(N)=O)c1ccc(F)c(F)c1. The van der Waals surface area contributed by atoms with Crippen molar-refractivity contribution in [1.29, 1.82) is 0 Å². The summed E-state index contributed by atoms with van der Waals surface area (Å²) in [5.74, 6) is -2.79. The zero-order chi connectivity index (χ0) is 15.6. The van der Waals surface area contributed by atoms with E-state index in [2.05, 4.69) is 5.32 Å². The largest absolute Gasteiger partial charge is 0.367 e. The van der Waals surface area contributed by atoms with Gasteiger partial charge in [0.2, 0.25) is 5.91 Å². The fraction of sp³-hybridized carbons (Fsp3) is 0.133. The topological polar surface area (TPSA) is 55.1 Å². The van der Waals surface area contributed by atoms with Crippen molar-refractivity contribution >= 4 is 23.2 Å². The van der Waals surface area contributed by atoms with Gasteiger partial charge in [0.05, 0.1) is 10.7 Å². The van der Waals surface area contributed by atoms with Crippen LogP contribution in [0.15, 0.2) is 42.5 Å². The molecule has 0 aromatic heterocycles. The molecule has 6 heteroatoms. The third-order valence-corrected chi connectivity index (χ3v) is 3.58. The maximum Gasteiger partial charge on any atom is 0.247 e. The van der Waals surface area contributed by atoms with Gasteiger partial charge in [0.15, 0.2) is 11.6 Å². The van der Waals surface area contributed by atoms with Crippen LogP contribution in [0.5, 0.6) is 0 Å². The summed E-state index contributed by atoms with van der Waals surface area (Å²) in [5, 5.41) is 3.27. The number of hydrogen-bond donors (Lipinski definition) is 2. The summed E-state index contributed by atoms with van der Waals surface area (Å²) in [5.41, 5.74) is 4.66. The highest BCUT2D eigenvalue weighted by atomic mass is 35.5. The lowest BCUT2D eigenvalue weighted by molar-refractivity contribution is -0.122. The van der Waals surface area contributed by atoms with Crippen LogP contribution in [0.4, 0.5) is 14.5 Å². The molecule has 0 aliphatic carbocycles. The third-order valence-electron chi connectivity index (χ3n) is 3.25.